The SMILES string of the molecule is C=C([C@@H](NC(=O)OC)C(C)C)N1CCC[C@H]1c1ncc(C#Cc2cccc3c(C#Cc4cnc([C@@H]5CCCN5C(=O)[C@@H](NC(=O)OC)C(C)C)[nH]4)cccc23)[nH]1. The number of nitrogens with one attached hydrogen (secondary N) is 4. The van der Waals surface area contributed by atoms with Crippen molar-refractivity contribution in [2.24, 2.45) is 11.8 Å². The van der Waals surface area contributed by atoms with Gasteiger partial charge < -0.3 is 39.9 Å². The van der Waals surface area contributed by atoms with Gasteiger partial charge in [0.25, 0.3) is 0 Å². The summed E-state index contributed by atoms with van der Waals surface area (Å²) in [4.78, 5) is 57.6. The number of benzene rings is 2. The van der Waals surface area contributed by atoms with Crippen LogP contribution >= 0.6 is 0 Å². The van der Waals surface area contributed by atoms with Crippen LogP contribution in [0.25, 0.3) is 10.8 Å². The summed E-state index contributed by atoms with van der Waals surface area (Å²) < 4.78 is 9.61. The number of rotatable bonds is 9. The maximum absolute atomic E-state index is 13.5. The normalized spacial score (nSPS) is 17.5. The fourth-order valence-corrected chi connectivity index (χ4v) is 7.52. The number of amides is 3. The summed E-state index contributed by atoms with van der Waals surface area (Å²) in [6.45, 7) is 13.6. The van der Waals surface area contributed by atoms with E-state index in [1.54, 1.807) is 17.3 Å². The van der Waals surface area contributed by atoms with Crippen LogP contribution in [0.2, 0.25) is 0 Å². The Morgan fingerprint density at radius 1 is 0.732 bits per heavy atom. The molecule has 0 aliphatic carbocycles. The highest BCUT2D eigenvalue weighted by Crippen LogP contribution is 2.35. The molecular weight excluding hydrogens is 709 g/mol. The third kappa shape index (κ3) is 8.68. The number of ether oxygens (including phenoxy) is 2. The van der Waals surface area contributed by atoms with E-state index in [4.69, 9.17) is 14.5 Å². The molecule has 0 unspecified atom stereocenters. The van der Waals surface area contributed by atoms with Crippen molar-refractivity contribution in [2.45, 2.75) is 77.5 Å². The molecule has 292 valence electrons. The van der Waals surface area contributed by atoms with Crippen molar-refractivity contribution in [1.82, 2.24) is 40.4 Å². The smallest absolute Gasteiger partial charge is 0.407 e. The molecule has 2 aromatic carbocycles. The molecule has 4 N–H and O–H groups in total. The molecule has 4 heterocycles. The minimum atomic E-state index is -0.703. The topological polar surface area (TPSA) is 158 Å². The second-order valence-electron chi connectivity index (χ2n) is 14.8. The zero-order chi connectivity index (χ0) is 39.9. The number of alkyl carbamates (subject to hydrolysis) is 2. The second kappa shape index (κ2) is 17.5. The molecule has 2 fully saturated rings. The number of hydrogen-bond donors (Lipinski definition) is 4. The van der Waals surface area contributed by atoms with Crippen molar-refractivity contribution in [3.05, 3.63) is 95.2 Å². The van der Waals surface area contributed by atoms with Crippen LogP contribution in [0, 0.1) is 35.5 Å². The van der Waals surface area contributed by atoms with Crippen molar-refractivity contribution in [3.63, 3.8) is 0 Å². The van der Waals surface area contributed by atoms with E-state index in [0.717, 1.165) is 65.6 Å². The highest BCUT2D eigenvalue weighted by Gasteiger charge is 2.38. The molecule has 0 saturated carbocycles. The minimum absolute atomic E-state index is 0.00412. The Labute approximate surface area is 328 Å². The number of hydrogen-bond acceptors (Lipinski definition) is 8. The zero-order valence-corrected chi connectivity index (χ0v) is 32.9. The molecule has 6 rings (SSSR count). The number of carbonyl (C=O) groups is 3. The van der Waals surface area contributed by atoms with Gasteiger partial charge in [-0.15, -0.1) is 0 Å². The van der Waals surface area contributed by atoms with Crippen LogP contribution in [0.5, 0.6) is 0 Å². The molecule has 4 atom stereocenters. The van der Waals surface area contributed by atoms with Crippen molar-refractivity contribution < 1.29 is 23.9 Å². The molecular formula is C43H50N8O5. The first-order chi connectivity index (χ1) is 27.0. The molecule has 4 aromatic rings. The van der Waals surface area contributed by atoms with E-state index in [1.807, 2.05) is 64.1 Å². The molecule has 0 spiro atoms. The van der Waals surface area contributed by atoms with E-state index in [1.165, 1.54) is 14.2 Å². The highest BCUT2D eigenvalue weighted by molar-refractivity contribution is 5.93. The number of imidazole rings is 2. The van der Waals surface area contributed by atoms with Gasteiger partial charge >= 0.3 is 12.2 Å². The molecule has 2 saturated heterocycles. The summed E-state index contributed by atoms with van der Waals surface area (Å²) in [5.74, 6) is 14.5. The minimum Gasteiger partial charge on any atom is -0.453 e. The number of H-pyrrole nitrogens is 2. The van der Waals surface area contributed by atoms with Gasteiger partial charge in [-0.05, 0) is 72.3 Å². The van der Waals surface area contributed by atoms with Crippen LogP contribution in [0.3, 0.4) is 0 Å². The Morgan fingerprint density at radius 3 is 1.68 bits per heavy atom. The van der Waals surface area contributed by atoms with E-state index < -0.39 is 18.2 Å². The fraction of sp³-hybridized carbons (Fsp3) is 0.419. The summed E-state index contributed by atoms with van der Waals surface area (Å²) in [7, 11) is 2.64. The monoisotopic (exact) mass is 758 g/mol. The molecule has 0 bridgehead atoms. The first-order valence-electron chi connectivity index (χ1n) is 19.1. The molecule has 2 aliphatic heterocycles. The predicted molar refractivity (Wildman–Crippen MR) is 213 cm³/mol. The molecule has 2 aromatic heterocycles. The molecule has 13 nitrogen and oxygen atoms in total. The van der Waals surface area contributed by atoms with E-state index in [9.17, 15) is 14.4 Å². The van der Waals surface area contributed by atoms with Crippen molar-refractivity contribution in [1.29, 1.82) is 0 Å². The summed E-state index contributed by atoms with van der Waals surface area (Å²) in [6.07, 6.45) is 5.81. The van der Waals surface area contributed by atoms with Crippen molar-refractivity contribution in [2.75, 3.05) is 27.3 Å². The number of nitrogens with zero attached hydrogens (tertiary/aromatic N) is 4. The molecule has 56 heavy (non-hydrogen) atoms. The van der Waals surface area contributed by atoms with Crippen LogP contribution in [-0.4, -0.2) is 87.2 Å². The second-order valence-corrected chi connectivity index (χ2v) is 14.8. The number of aromatic amines is 2. The Morgan fingerprint density at radius 2 is 1.20 bits per heavy atom. The number of methoxy groups -OCH3 is 2. The quantitative estimate of drug-likeness (QED) is 0.148. The summed E-state index contributed by atoms with van der Waals surface area (Å²) in [5, 5.41) is 7.57. The molecule has 0 radical (unpaired) electrons. The predicted octanol–water partition coefficient (Wildman–Crippen LogP) is 6.16. The lowest BCUT2D eigenvalue weighted by Crippen LogP contribution is -2.51. The Balaban J connectivity index is 1.17. The number of fused-ring (bicyclic) bond motifs is 1. The average molecular weight is 759 g/mol. The van der Waals surface area contributed by atoms with Crippen molar-refractivity contribution >= 4 is 28.9 Å². The zero-order valence-electron chi connectivity index (χ0n) is 32.9. The van der Waals surface area contributed by atoms with Crippen LogP contribution in [0.1, 0.15) is 99.6 Å². The lowest BCUT2D eigenvalue weighted by molar-refractivity contribution is -0.135. The summed E-state index contributed by atoms with van der Waals surface area (Å²) in [5.41, 5.74) is 3.89. The maximum atomic E-state index is 13.5. The average Bonchev–Trinajstić information content (AvgIpc) is 4.03. The van der Waals surface area contributed by atoms with Gasteiger partial charge in [0, 0.05) is 29.9 Å². The van der Waals surface area contributed by atoms with Gasteiger partial charge in [-0.2, -0.15) is 0 Å². The first-order valence-corrected chi connectivity index (χ1v) is 19.1. The maximum Gasteiger partial charge on any atom is 0.407 e. The van der Waals surface area contributed by atoms with Gasteiger partial charge in [0.15, 0.2) is 0 Å². The molecule has 2 aliphatic rings. The van der Waals surface area contributed by atoms with Gasteiger partial charge in [0.05, 0.1) is 44.7 Å². The number of carbonyl (C=O) groups excluding carboxylic acids is 3. The fourth-order valence-electron chi connectivity index (χ4n) is 7.52. The third-order valence-electron chi connectivity index (χ3n) is 10.4. The number of aromatic nitrogens is 4. The van der Waals surface area contributed by atoms with E-state index in [-0.39, 0.29) is 35.9 Å². The van der Waals surface area contributed by atoms with Crippen LogP contribution in [0.4, 0.5) is 9.59 Å². The Hall–Kier alpha value is -6.21. The Kier molecular flexibility index (Phi) is 12.3. The Bertz CT molecular complexity index is 2060. The van der Waals surface area contributed by atoms with Gasteiger partial charge in [-0.1, -0.05) is 70.4 Å². The van der Waals surface area contributed by atoms with Gasteiger partial charge in [-0.3, -0.25) is 4.79 Å². The van der Waals surface area contributed by atoms with Crippen molar-refractivity contribution in [3.8, 4) is 23.7 Å². The standard InChI is InChI=1S/C43H50N8O5/c1-26(2)37(48-42(53)55-6)28(5)50-22-10-16-35(50)39-44-24-31(46-39)20-18-29-12-8-15-34-30(13-9-14-33(29)34)19-21-32-25-45-40(47-32)36-17-11-23-51(36)41(52)38(27(3)4)49-43(54)56-7/h8-9,12-15,24-27,35-38H,5,10-11,16-17,22-23H2,1-4,6-7H3,(H,44,46)(H,45,47)(H,48,53)(H,49,54)/t35-,36-,37-,38-/m0/s1. The van der Waals surface area contributed by atoms with Crippen LogP contribution in [0.15, 0.2) is 61.1 Å². The summed E-state index contributed by atoms with van der Waals surface area (Å²) >= 11 is 0. The van der Waals surface area contributed by atoms with Gasteiger partial charge in [-0.25, -0.2) is 19.6 Å². The van der Waals surface area contributed by atoms with E-state index >= 15 is 0 Å². The molecule has 3 amide bonds. The molecule has 13 heteroatoms. The lowest BCUT2D eigenvalue weighted by Gasteiger charge is -2.34. The van der Waals surface area contributed by atoms with Gasteiger partial charge in [0.1, 0.15) is 29.1 Å². The summed E-state index contributed by atoms with van der Waals surface area (Å²) in [6, 6.07) is 10.8. The van der Waals surface area contributed by atoms with E-state index in [2.05, 4.69) is 60.7 Å². The third-order valence-corrected chi connectivity index (χ3v) is 10.4. The largest absolute Gasteiger partial charge is 0.453 e. The van der Waals surface area contributed by atoms with Gasteiger partial charge in [0.2, 0.25) is 5.91 Å². The number of likely N-dealkylation sites (tertiary alicyclic amines) is 2. The van der Waals surface area contributed by atoms with Crippen LogP contribution < -0.4 is 10.6 Å². The highest BCUT2D eigenvalue weighted by atomic mass is 16.5. The lowest BCUT2D eigenvalue weighted by atomic mass is 10.00. The van der Waals surface area contributed by atoms with Crippen LogP contribution in [-0.2, 0) is 14.3 Å². The first kappa shape index (κ1) is 39.5. The van der Waals surface area contributed by atoms with E-state index in [0.29, 0.717) is 23.8 Å².